The Hall–Kier alpha value is -0.610. The summed E-state index contributed by atoms with van der Waals surface area (Å²) in [7, 11) is 0. The van der Waals surface area contributed by atoms with Crippen LogP contribution in [0.1, 0.15) is 75.2 Å². The fourth-order valence-corrected chi connectivity index (χ4v) is 3.17. The molecule has 0 aromatic rings. The Balaban J connectivity index is 2.71. The molecule has 0 N–H and O–H groups in total. The number of carbonyl (C=O) groups excluding carboxylic acids is 1. The number of hydrogen-bond donors (Lipinski definition) is 0. The van der Waals surface area contributed by atoms with Crippen molar-refractivity contribution in [1.29, 1.82) is 0 Å². The predicted molar refractivity (Wildman–Crippen MR) is 82.4 cm³/mol. The molecular weight excluding hydrogens is 268 g/mol. The van der Waals surface area contributed by atoms with E-state index < -0.39 is 17.4 Å². The molecule has 21 heavy (non-hydrogen) atoms. The van der Waals surface area contributed by atoms with E-state index in [0.29, 0.717) is 0 Å². The first-order chi connectivity index (χ1) is 9.17. The van der Waals surface area contributed by atoms with Crippen molar-refractivity contribution < 1.29 is 19.3 Å². The monoisotopic (exact) mass is 300 g/mol. The second-order valence-electron chi connectivity index (χ2n) is 9.39. The Labute approximate surface area is 129 Å². The first-order valence-electron chi connectivity index (χ1n) is 7.77. The van der Waals surface area contributed by atoms with Crippen molar-refractivity contribution in [1.82, 2.24) is 0 Å². The maximum atomic E-state index is 12.5. The zero-order chi connectivity index (χ0) is 16.7. The Kier molecular flexibility index (Phi) is 4.87. The Bertz CT molecular complexity index is 381. The Morgan fingerprint density at radius 1 is 1.00 bits per heavy atom. The zero-order valence-corrected chi connectivity index (χ0v) is 15.1. The van der Waals surface area contributed by atoms with Crippen LogP contribution in [0.3, 0.4) is 0 Å². The fraction of sp³-hybridized carbons (Fsp3) is 0.941. The number of rotatable bonds is 5. The molecule has 4 nitrogen and oxygen atoms in total. The SMILES string of the molecule is CC(CC(C)(C)C)C1(C(=O)OC(C)(C)CC(C)(C)C)OO1. The third-order valence-corrected chi connectivity index (χ3v) is 3.44. The number of carbonyl (C=O) groups is 1. The lowest BCUT2D eigenvalue weighted by Gasteiger charge is -2.33. The van der Waals surface area contributed by atoms with Crippen LogP contribution in [0, 0.1) is 16.7 Å². The zero-order valence-electron chi connectivity index (χ0n) is 15.1. The largest absolute Gasteiger partial charge is 0.456 e. The smallest absolute Gasteiger partial charge is 0.373 e. The maximum absolute atomic E-state index is 12.5. The highest BCUT2D eigenvalue weighted by molar-refractivity contribution is 5.80. The van der Waals surface area contributed by atoms with Crippen LogP contribution in [0.5, 0.6) is 0 Å². The van der Waals surface area contributed by atoms with E-state index in [0.717, 1.165) is 12.8 Å². The van der Waals surface area contributed by atoms with E-state index in [2.05, 4.69) is 41.5 Å². The molecule has 4 heteroatoms. The molecule has 1 aliphatic heterocycles. The molecule has 0 spiro atoms. The van der Waals surface area contributed by atoms with Gasteiger partial charge in [-0.3, -0.25) is 0 Å². The Morgan fingerprint density at radius 3 is 1.81 bits per heavy atom. The third kappa shape index (κ3) is 5.59. The van der Waals surface area contributed by atoms with Gasteiger partial charge in [-0.2, -0.15) is 9.78 Å². The van der Waals surface area contributed by atoms with E-state index in [-0.39, 0.29) is 16.7 Å². The topological polar surface area (TPSA) is 51.4 Å². The van der Waals surface area contributed by atoms with Gasteiger partial charge in [0, 0.05) is 5.92 Å². The van der Waals surface area contributed by atoms with Crippen LogP contribution in [0.4, 0.5) is 0 Å². The summed E-state index contributed by atoms with van der Waals surface area (Å²) in [6.07, 6.45) is 1.59. The van der Waals surface area contributed by atoms with Crippen molar-refractivity contribution >= 4 is 5.97 Å². The molecule has 1 heterocycles. The summed E-state index contributed by atoms with van der Waals surface area (Å²) in [5, 5.41) is 0. The molecule has 0 saturated carbocycles. The highest BCUT2D eigenvalue weighted by atomic mass is 17.4. The van der Waals surface area contributed by atoms with Crippen molar-refractivity contribution in [2.24, 2.45) is 16.7 Å². The van der Waals surface area contributed by atoms with E-state index in [1.165, 1.54) is 0 Å². The summed E-state index contributed by atoms with van der Waals surface area (Å²) < 4.78 is 5.69. The second kappa shape index (κ2) is 5.54. The minimum absolute atomic E-state index is 0.0459. The average molecular weight is 300 g/mol. The van der Waals surface area contributed by atoms with Gasteiger partial charge in [0.1, 0.15) is 5.60 Å². The van der Waals surface area contributed by atoms with Crippen LogP contribution in [-0.2, 0) is 19.3 Å². The first-order valence-corrected chi connectivity index (χ1v) is 7.77. The van der Waals surface area contributed by atoms with Crippen LogP contribution >= 0.6 is 0 Å². The lowest BCUT2D eigenvalue weighted by atomic mass is 9.81. The molecule has 0 bridgehead atoms. The summed E-state index contributed by atoms with van der Waals surface area (Å²) in [6.45, 7) is 18.6. The lowest BCUT2D eigenvalue weighted by molar-refractivity contribution is -0.169. The number of ether oxygens (including phenoxy) is 1. The van der Waals surface area contributed by atoms with Gasteiger partial charge in [0.05, 0.1) is 0 Å². The standard InChI is InChI=1S/C17H32O4/c1-12(10-14(2,3)4)17(20-21-17)13(18)19-16(8,9)11-15(5,6)7/h12H,10-11H2,1-9H3. The van der Waals surface area contributed by atoms with Gasteiger partial charge in [0.2, 0.25) is 0 Å². The molecule has 1 fully saturated rings. The van der Waals surface area contributed by atoms with Gasteiger partial charge in [-0.05, 0) is 37.5 Å². The molecule has 0 radical (unpaired) electrons. The van der Waals surface area contributed by atoms with Crippen molar-refractivity contribution in [2.75, 3.05) is 0 Å². The molecule has 1 unspecified atom stereocenters. The fourth-order valence-electron chi connectivity index (χ4n) is 3.17. The van der Waals surface area contributed by atoms with E-state index in [1.54, 1.807) is 0 Å². The Morgan fingerprint density at radius 2 is 1.48 bits per heavy atom. The minimum atomic E-state index is -1.21. The number of esters is 1. The maximum Gasteiger partial charge on any atom is 0.373 e. The molecule has 0 aromatic carbocycles. The molecule has 1 saturated heterocycles. The summed E-state index contributed by atoms with van der Waals surface area (Å²) in [6, 6.07) is 0. The lowest BCUT2D eigenvalue weighted by Crippen LogP contribution is -2.42. The quantitative estimate of drug-likeness (QED) is 0.427. The molecule has 124 valence electrons. The van der Waals surface area contributed by atoms with Gasteiger partial charge in [-0.1, -0.05) is 48.5 Å². The summed E-state index contributed by atoms with van der Waals surface area (Å²) >= 11 is 0. The minimum Gasteiger partial charge on any atom is -0.456 e. The van der Waals surface area contributed by atoms with Crippen LogP contribution < -0.4 is 0 Å². The van der Waals surface area contributed by atoms with Gasteiger partial charge in [0.25, 0.3) is 0 Å². The predicted octanol–water partition coefficient (Wildman–Crippen LogP) is 4.47. The summed E-state index contributed by atoms with van der Waals surface area (Å²) in [5.74, 6) is -1.66. The average Bonchev–Trinajstić information content (AvgIpc) is 2.88. The van der Waals surface area contributed by atoms with Gasteiger partial charge in [-0.15, -0.1) is 0 Å². The van der Waals surface area contributed by atoms with E-state index in [1.807, 2.05) is 20.8 Å². The molecule has 1 atom stereocenters. The van der Waals surface area contributed by atoms with Gasteiger partial charge < -0.3 is 4.74 Å². The van der Waals surface area contributed by atoms with Crippen molar-refractivity contribution in [3.05, 3.63) is 0 Å². The van der Waals surface area contributed by atoms with Gasteiger partial charge in [0.15, 0.2) is 0 Å². The van der Waals surface area contributed by atoms with Crippen LogP contribution in [0.15, 0.2) is 0 Å². The summed E-state index contributed by atoms with van der Waals surface area (Å²) in [4.78, 5) is 22.6. The van der Waals surface area contributed by atoms with Crippen molar-refractivity contribution in [3.63, 3.8) is 0 Å². The van der Waals surface area contributed by atoms with E-state index in [9.17, 15) is 4.79 Å². The van der Waals surface area contributed by atoms with Gasteiger partial charge in [-0.25, -0.2) is 4.79 Å². The molecule has 1 aliphatic rings. The first kappa shape index (κ1) is 18.4. The second-order valence-corrected chi connectivity index (χ2v) is 9.39. The van der Waals surface area contributed by atoms with E-state index in [4.69, 9.17) is 14.5 Å². The van der Waals surface area contributed by atoms with Crippen molar-refractivity contribution in [3.8, 4) is 0 Å². The molecule has 0 aliphatic carbocycles. The van der Waals surface area contributed by atoms with E-state index >= 15 is 0 Å². The van der Waals surface area contributed by atoms with Gasteiger partial charge >= 0.3 is 11.8 Å². The highest BCUT2D eigenvalue weighted by Gasteiger charge is 2.63. The molecule has 0 aromatic heterocycles. The molecule has 0 amide bonds. The number of hydrogen-bond acceptors (Lipinski definition) is 4. The summed E-state index contributed by atoms with van der Waals surface area (Å²) in [5.41, 5.74) is -0.360. The van der Waals surface area contributed by atoms with Crippen LogP contribution in [0.2, 0.25) is 0 Å². The third-order valence-electron chi connectivity index (χ3n) is 3.44. The molecule has 1 rings (SSSR count). The highest BCUT2D eigenvalue weighted by Crippen LogP contribution is 2.45. The van der Waals surface area contributed by atoms with Crippen LogP contribution in [-0.4, -0.2) is 17.4 Å². The normalized spacial score (nSPS) is 20.0. The van der Waals surface area contributed by atoms with Crippen molar-refractivity contribution in [2.45, 2.75) is 86.5 Å². The molecular formula is C17H32O4. The van der Waals surface area contributed by atoms with Crippen LogP contribution in [0.25, 0.3) is 0 Å².